The van der Waals surface area contributed by atoms with Crippen LogP contribution in [-0.2, 0) is 0 Å². The molecular weight excluding hydrogens is 272 g/mol. The summed E-state index contributed by atoms with van der Waals surface area (Å²) in [7, 11) is 1.67. The lowest BCUT2D eigenvalue weighted by molar-refractivity contribution is 0.0550. The van der Waals surface area contributed by atoms with Crippen LogP contribution in [-0.4, -0.2) is 40.5 Å². The van der Waals surface area contributed by atoms with Gasteiger partial charge in [0.25, 0.3) is 0 Å². The minimum atomic E-state index is -0.904. The molecule has 0 aliphatic heterocycles. The number of benzene rings is 1. The zero-order chi connectivity index (χ0) is 15.3. The summed E-state index contributed by atoms with van der Waals surface area (Å²) in [4.78, 5) is 14.7. The molecule has 1 aromatic carbocycles. The van der Waals surface area contributed by atoms with Gasteiger partial charge in [-0.2, -0.15) is 0 Å². The van der Waals surface area contributed by atoms with Crippen LogP contribution < -0.4 is 5.32 Å². The highest BCUT2D eigenvalue weighted by atomic mass is 32.2. The van der Waals surface area contributed by atoms with Gasteiger partial charge in [0.15, 0.2) is 0 Å². The number of anilines is 1. The van der Waals surface area contributed by atoms with Crippen LogP contribution in [0.5, 0.6) is 0 Å². The van der Waals surface area contributed by atoms with E-state index in [2.05, 4.69) is 19.2 Å². The number of aliphatic hydroxyl groups is 1. The Morgan fingerprint density at radius 2 is 2.00 bits per heavy atom. The van der Waals surface area contributed by atoms with Crippen LogP contribution >= 0.6 is 11.8 Å². The van der Waals surface area contributed by atoms with E-state index in [1.807, 2.05) is 24.3 Å². The van der Waals surface area contributed by atoms with Gasteiger partial charge in [0.1, 0.15) is 0 Å². The number of rotatable bonds is 5. The molecule has 0 heterocycles. The van der Waals surface area contributed by atoms with Crippen molar-refractivity contribution in [3.63, 3.8) is 0 Å². The summed E-state index contributed by atoms with van der Waals surface area (Å²) in [6.45, 7) is 7.87. The third-order valence-electron chi connectivity index (χ3n) is 2.46. The summed E-state index contributed by atoms with van der Waals surface area (Å²) in [5.74, 6) is 0. The number of para-hydroxylation sites is 1. The van der Waals surface area contributed by atoms with E-state index in [0.29, 0.717) is 5.25 Å². The highest BCUT2D eigenvalue weighted by Gasteiger charge is 2.20. The van der Waals surface area contributed by atoms with Crippen LogP contribution in [0, 0.1) is 0 Å². The van der Waals surface area contributed by atoms with E-state index >= 15 is 0 Å². The molecule has 2 amide bonds. The smallest absolute Gasteiger partial charge is 0.321 e. The fraction of sp³-hybridized carbons (Fsp3) is 0.533. The van der Waals surface area contributed by atoms with Gasteiger partial charge in [-0.25, -0.2) is 4.79 Å². The van der Waals surface area contributed by atoms with Crippen LogP contribution in [0.15, 0.2) is 29.2 Å². The van der Waals surface area contributed by atoms with Crippen molar-refractivity contribution < 1.29 is 9.90 Å². The Hall–Kier alpha value is -1.20. The summed E-state index contributed by atoms with van der Waals surface area (Å²) in [5.41, 5.74) is -0.100. The number of hydrogen-bond donors (Lipinski definition) is 2. The first-order valence-electron chi connectivity index (χ1n) is 6.69. The zero-order valence-electron chi connectivity index (χ0n) is 12.8. The molecular formula is C15H24N2O2S. The van der Waals surface area contributed by atoms with E-state index in [1.165, 1.54) is 4.90 Å². The molecule has 2 N–H and O–H groups in total. The maximum atomic E-state index is 12.1. The molecule has 0 saturated heterocycles. The monoisotopic (exact) mass is 296 g/mol. The molecule has 0 aliphatic rings. The highest BCUT2D eigenvalue weighted by Crippen LogP contribution is 2.30. The first-order chi connectivity index (χ1) is 9.19. The summed E-state index contributed by atoms with van der Waals surface area (Å²) in [6.07, 6.45) is 0. The number of nitrogens with one attached hydrogen (secondary N) is 1. The largest absolute Gasteiger partial charge is 0.389 e. The Balaban J connectivity index is 2.75. The minimum Gasteiger partial charge on any atom is -0.389 e. The SMILES string of the molecule is CC(C)Sc1ccccc1NC(=O)N(C)CC(C)(C)O. The van der Waals surface area contributed by atoms with Gasteiger partial charge in [0.2, 0.25) is 0 Å². The molecule has 1 rings (SSSR count). The number of nitrogens with zero attached hydrogens (tertiary/aromatic N) is 1. The topological polar surface area (TPSA) is 52.6 Å². The third kappa shape index (κ3) is 5.84. The van der Waals surface area contributed by atoms with E-state index in [1.54, 1.807) is 32.7 Å². The maximum absolute atomic E-state index is 12.1. The molecule has 0 atom stereocenters. The van der Waals surface area contributed by atoms with Crippen LogP contribution in [0.3, 0.4) is 0 Å². The van der Waals surface area contributed by atoms with Gasteiger partial charge in [-0.05, 0) is 26.0 Å². The van der Waals surface area contributed by atoms with Gasteiger partial charge in [0.05, 0.1) is 17.8 Å². The Labute approximate surface area is 125 Å². The highest BCUT2D eigenvalue weighted by molar-refractivity contribution is 8.00. The average molecular weight is 296 g/mol. The first-order valence-corrected chi connectivity index (χ1v) is 7.57. The Kier molecular flexibility index (Phi) is 5.89. The van der Waals surface area contributed by atoms with Crippen molar-refractivity contribution in [2.75, 3.05) is 18.9 Å². The molecule has 0 aromatic heterocycles. The third-order valence-corrected chi connectivity index (χ3v) is 3.54. The van der Waals surface area contributed by atoms with Crippen molar-refractivity contribution in [3.05, 3.63) is 24.3 Å². The standard InChI is InChI=1S/C15H24N2O2S/c1-11(2)20-13-9-7-6-8-12(13)16-14(18)17(5)10-15(3,4)19/h6-9,11,19H,10H2,1-5H3,(H,16,18). The quantitative estimate of drug-likeness (QED) is 0.819. The summed E-state index contributed by atoms with van der Waals surface area (Å²) < 4.78 is 0. The molecule has 0 fully saturated rings. The van der Waals surface area contributed by atoms with Crippen LogP contribution in [0.1, 0.15) is 27.7 Å². The molecule has 0 spiro atoms. The Bertz CT molecular complexity index is 455. The van der Waals surface area contributed by atoms with Crippen LogP contribution in [0.25, 0.3) is 0 Å². The lowest BCUT2D eigenvalue weighted by Gasteiger charge is -2.26. The predicted octanol–water partition coefficient (Wildman–Crippen LogP) is 3.42. The molecule has 0 bridgehead atoms. The normalized spacial score (nSPS) is 11.6. The molecule has 0 unspecified atom stereocenters. The fourth-order valence-corrected chi connectivity index (χ4v) is 2.70. The summed E-state index contributed by atoms with van der Waals surface area (Å²) >= 11 is 1.71. The number of carbonyl (C=O) groups is 1. The van der Waals surface area contributed by atoms with Gasteiger partial charge in [0, 0.05) is 17.2 Å². The van der Waals surface area contributed by atoms with Crippen molar-refractivity contribution in [2.45, 2.75) is 43.4 Å². The van der Waals surface area contributed by atoms with Crippen molar-refractivity contribution in [3.8, 4) is 0 Å². The van der Waals surface area contributed by atoms with Gasteiger partial charge in [-0.1, -0.05) is 26.0 Å². The number of urea groups is 1. The molecule has 0 radical (unpaired) electrons. The molecule has 1 aromatic rings. The van der Waals surface area contributed by atoms with Crippen molar-refractivity contribution in [1.82, 2.24) is 4.90 Å². The second kappa shape index (κ2) is 6.99. The minimum absolute atomic E-state index is 0.219. The molecule has 5 heteroatoms. The van der Waals surface area contributed by atoms with Gasteiger partial charge in [-0.3, -0.25) is 0 Å². The van der Waals surface area contributed by atoms with E-state index < -0.39 is 5.60 Å². The molecule has 112 valence electrons. The predicted molar refractivity (Wildman–Crippen MR) is 85.4 cm³/mol. The Morgan fingerprint density at radius 1 is 1.40 bits per heavy atom. The zero-order valence-corrected chi connectivity index (χ0v) is 13.6. The van der Waals surface area contributed by atoms with Crippen molar-refractivity contribution in [1.29, 1.82) is 0 Å². The fourth-order valence-electron chi connectivity index (χ4n) is 1.79. The maximum Gasteiger partial charge on any atom is 0.321 e. The van der Waals surface area contributed by atoms with Crippen LogP contribution in [0.2, 0.25) is 0 Å². The summed E-state index contributed by atoms with van der Waals surface area (Å²) in [6, 6.07) is 7.53. The molecule has 4 nitrogen and oxygen atoms in total. The van der Waals surface area contributed by atoms with E-state index in [0.717, 1.165) is 10.6 Å². The van der Waals surface area contributed by atoms with Gasteiger partial charge in [-0.15, -0.1) is 11.8 Å². The second-order valence-corrected chi connectivity index (χ2v) is 7.38. The molecule has 0 aliphatic carbocycles. The van der Waals surface area contributed by atoms with E-state index in [9.17, 15) is 9.90 Å². The van der Waals surface area contributed by atoms with E-state index in [4.69, 9.17) is 0 Å². The second-order valence-electron chi connectivity index (χ2n) is 5.76. The van der Waals surface area contributed by atoms with Crippen molar-refractivity contribution >= 4 is 23.5 Å². The number of amides is 2. The average Bonchev–Trinajstić information content (AvgIpc) is 2.28. The number of thioether (sulfide) groups is 1. The lowest BCUT2D eigenvalue weighted by Crippen LogP contribution is -2.41. The van der Waals surface area contributed by atoms with Gasteiger partial charge >= 0.3 is 6.03 Å². The Morgan fingerprint density at radius 3 is 2.55 bits per heavy atom. The van der Waals surface area contributed by atoms with Gasteiger partial charge < -0.3 is 15.3 Å². The summed E-state index contributed by atoms with van der Waals surface area (Å²) in [5, 5.41) is 13.1. The molecule has 20 heavy (non-hydrogen) atoms. The lowest BCUT2D eigenvalue weighted by atomic mass is 10.1. The number of hydrogen-bond acceptors (Lipinski definition) is 3. The van der Waals surface area contributed by atoms with Crippen LogP contribution in [0.4, 0.5) is 10.5 Å². The number of carbonyl (C=O) groups excluding carboxylic acids is 1. The van der Waals surface area contributed by atoms with Crippen molar-refractivity contribution in [2.24, 2.45) is 0 Å². The molecule has 0 saturated carbocycles. The number of likely N-dealkylation sites (N-methyl/N-ethyl adjacent to an activating group) is 1. The van der Waals surface area contributed by atoms with E-state index in [-0.39, 0.29) is 12.6 Å². The first kappa shape index (κ1) is 16.9.